The van der Waals surface area contributed by atoms with Crippen LogP contribution in [0.15, 0.2) is 48.5 Å². The predicted molar refractivity (Wildman–Crippen MR) is 109 cm³/mol. The molecule has 0 saturated carbocycles. The highest BCUT2D eigenvalue weighted by atomic mass is 32.2. The lowest BCUT2D eigenvalue weighted by Crippen LogP contribution is -2.33. The van der Waals surface area contributed by atoms with Crippen LogP contribution in [0.3, 0.4) is 0 Å². The van der Waals surface area contributed by atoms with E-state index in [0.717, 1.165) is 18.2 Å². The third-order valence-electron chi connectivity index (χ3n) is 4.29. The van der Waals surface area contributed by atoms with Gasteiger partial charge in [0.2, 0.25) is 10.9 Å². The molecule has 1 aromatic heterocycles. The van der Waals surface area contributed by atoms with Crippen molar-refractivity contribution in [2.45, 2.75) is 20.0 Å². The Morgan fingerprint density at radius 2 is 1.56 bits per heavy atom. The summed E-state index contributed by atoms with van der Waals surface area (Å²) in [5, 5.41) is 0. The fourth-order valence-electron chi connectivity index (χ4n) is 3.07. The molecular formula is C21H17F5N2O3S. The molecule has 0 radical (unpaired) electrons. The number of hydrogen-bond acceptors (Lipinski definition) is 4. The first-order chi connectivity index (χ1) is 14.9. The van der Waals surface area contributed by atoms with E-state index in [1.165, 1.54) is 12.1 Å². The minimum absolute atomic E-state index is 0.0253. The molecule has 0 bridgehead atoms. The molecule has 0 fully saturated rings. The Labute approximate surface area is 182 Å². The fraction of sp³-hybridized carbons (Fsp3) is 0.190. The van der Waals surface area contributed by atoms with Crippen molar-refractivity contribution in [3.8, 4) is 22.6 Å². The monoisotopic (exact) mass is 472 g/mol. The molecule has 0 aliphatic rings. The number of ether oxygens (including phenoxy) is 1. The summed E-state index contributed by atoms with van der Waals surface area (Å²) in [6.45, 7) is 1.68. The number of nitrogens with zero attached hydrogens (tertiary/aromatic N) is 2. The Bertz CT molecular complexity index is 1200. The molecule has 0 spiro atoms. The lowest BCUT2D eigenvalue weighted by atomic mass is 10.0. The molecule has 2 aromatic carbocycles. The van der Waals surface area contributed by atoms with E-state index < -0.39 is 35.2 Å². The second-order valence-corrected chi connectivity index (χ2v) is 7.87. The highest BCUT2D eigenvalue weighted by molar-refractivity contribution is 7.74. The molecule has 0 amide bonds. The van der Waals surface area contributed by atoms with Gasteiger partial charge in [-0.2, -0.15) is 13.2 Å². The third-order valence-corrected chi connectivity index (χ3v) is 5.06. The van der Waals surface area contributed by atoms with Crippen molar-refractivity contribution < 1.29 is 35.1 Å². The van der Waals surface area contributed by atoms with Gasteiger partial charge in [0.25, 0.3) is 0 Å². The van der Waals surface area contributed by atoms with E-state index in [2.05, 4.69) is 4.98 Å². The van der Waals surface area contributed by atoms with Gasteiger partial charge in [-0.05, 0) is 61.9 Å². The van der Waals surface area contributed by atoms with E-state index in [1.807, 2.05) is 0 Å². The summed E-state index contributed by atoms with van der Waals surface area (Å²) in [6.07, 6.45) is -4.77. The van der Waals surface area contributed by atoms with Gasteiger partial charge in [0.1, 0.15) is 18.1 Å². The van der Waals surface area contributed by atoms with Crippen LogP contribution in [0.25, 0.3) is 11.1 Å². The van der Waals surface area contributed by atoms with E-state index in [-0.39, 0.29) is 27.1 Å². The van der Waals surface area contributed by atoms with Crippen molar-refractivity contribution in [2.24, 2.45) is 0 Å². The molecular weight excluding hydrogens is 455 g/mol. The van der Waals surface area contributed by atoms with Crippen LogP contribution < -0.4 is 9.04 Å². The van der Waals surface area contributed by atoms with E-state index in [4.69, 9.17) is 4.74 Å². The topological polar surface area (TPSA) is 59.5 Å². The third kappa shape index (κ3) is 5.72. The largest absolute Gasteiger partial charge is 0.454 e. The summed E-state index contributed by atoms with van der Waals surface area (Å²) in [4.78, 5) is 4.23. The minimum atomic E-state index is -4.77. The molecule has 5 nitrogen and oxygen atoms in total. The Morgan fingerprint density at radius 1 is 0.938 bits per heavy atom. The summed E-state index contributed by atoms with van der Waals surface area (Å²) >= 11 is 0. The second kappa shape index (κ2) is 9.11. The van der Waals surface area contributed by atoms with Crippen molar-refractivity contribution in [2.75, 3.05) is 10.8 Å². The van der Waals surface area contributed by atoms with E-state index in [1.54, 1.807) is 26.0 Å². The van der Waals surface area contributed by atoms with Crippen LogP contribution in [0.5, 0.6) is 11.5 Å². The maximum absolute atomic E-state index is 14.1. The van der Waals surface area contributed by atoms with Gasteiger partial charge < -0.3 is 4.74 Å². The number of benzene rings is 2. The average molecular weight is 472 g/mol. The Balaban J connectivity index is 2.16. The normalized spacial score (nSPS) is 11.6. The lowest BCUT2D eigenvalue weighted by molar-refractivity contribution is -0.117. The lowest BCUT2D eigenvalue weighted by Gasteiger charge is -2.21. The Morgan fingerprint density at radius 3 is 2.12 bits per heavy atom. The summed E-state index contributed by atoms with van der Waals surface area (Å²) in [7, 11) is -3.61. The van der Waals surface area contributed by atoms with Gasteiger partial charge >= 0.3 is 6.18 Å². The first kappa shape index (κ1) is 23.5. The molecule has 1 heterocycles. The number of anilines is 1. The predicted octanol–water partition coefficient (Wildman–Crippen LogP) is 5.33. The smallest absolute Gasteiger partial charge is 0.407 e. The maximum atomic E-state index is 14.1. The number of rotatable bonds is 6. The molecule has 11 heteroatoms. The fourth-order valence-corrected chi connectivity index (χ4v) is 3.66. The first-order valence-corrected chi connectivity index (χ1v) is 10.3. The summed E-state index contributed by atoms with van der Waals surface area (Å²) in [5.41, 5.74) is 1.58. The zero-order chi connectivity index (χ0) is 23.6. The standard InChI is InChI=1S/C21H17F5N2O3S/c1-12-7-14(8-13(2)27-12)17-10-16(28(32(29)30)11-21(24,25)26)4-6-19(17)31-20-5-3-15(22)9-18(20)23/h3-10,32H,11H2,1-2H3. The minimum Gasteiger partial charge on any atom is -0.454 e. The first-order valence-electron chi connectivity index (χ1n) is 9.14. The van der Waals surface area contributed by atoms with Crippen LogP contribution in [0.2, 0.25) is 0 Å². The summed E-state index contributed by atoms with van der Waals surface area (Å²) < 4.78 is 94.9. The molecule has 170 valence electrons. The Kier molecular flexibility index (Phi) is 6.68. The summed E-state index contributed by atoms with van der Waals surface area (Å²) in [5.74, 6) is -2.08. The molecule has 3 rings (SSSR count). The van der Waals surface area contributed by atoms with Gasteiger partial charge in [-0.25, -0.2) is 17.2 Å². The van der Waals surface area contributed by atoms with Crippen molar-refractivity contribution in [1.29, 1.82) is 0 Å². The van der Waals surface area contributed by atoms with Gasteiger partial charge in [0.15, 0.2) is 11.6 Å². The van der Waals surface area contributed by atoms with Crippen LogP contribution in [-0.4, -0.2) is 26.1 Å². The van der Waals surface area contributed by atoms with E-state index >= 15 is 0 Å². The van der Waals surface area contributed by atoms with Gasteiger partial charge in [0, 0.05) is 23.0 Å². The molecule has 32 heavy (non-hydrogen) atoms. The van der Waals surface area contributed by atoms with Crippen LogP contribution >= 0.6 is 0 Å². The molecule has 0 N–H and O–H groups in total. The number of alkyl halides is 3. The second-order valence-electron chi connectivity index (χ2n) is 6.91. The molecule has 3 aromatic rings. The van der Waals surface area contributed by atoms with Crippen molar-refractivity contribution in [3.05, 3.63) is 71.6 Å². The van der Waals surface area contributed by atoms with Crippen molar-refractivity contribution in [1.82, 2.24) is 4.98 Å². The molecule has 0 aliphatic heterocycles. The van der Waals surface area contributed by atoms with Crippen LogP contribution in [0, 0.1) is 25.5 Å². The molecule has 0 aliphatic carbocycles. The maximum Gasteiger partial charge on any atom is 0.407 e. The average Bonchev–Trinajstić information content (AvgIpc) is 2.67. The SMILES string of the molecule is Cc1cc(-c2cc(N(CC(F)(F)F)[SH](=O)=O)ccc2Oc2ccc(F)cc2F)cc(C)n1. The van der Waals surface area contributed by atoms with Gasteiger partial charge in [-0.3, -0.25) is 9.29 Å². The van der Waals surface area contributed by atoms with Gasteiger partial charge in [0.05, 0.1) is 5.69 Å². The zero-order valence-electron chi connectivity index (χ0n) is 16.8. The zero-order valence-corrected chi connectivity index (χ0v) is 17.7. The van der Waals surface area contributed by atoms with Gasteiger partial charge in [-0.1, -0.05) is 0 Å². The summed E-state index contributed by atoms with van der Waals surface area (Å²) in [6, 6.07) is 9.44. The Hall–Kier alpha value is -3.21. The molecule has 0 atom stereocenters. The quantitative estimate of drug-likeness (QED) is 0.389. The van der Waals surface area contributed by atoms with Gasteiger partial charge in [-0.15, -0.1) is 0 Å². The van der Waals surface area contributed by atoms with Crippen LogP contribution in [-0.2, 0) is 10.9 Å². The number of hydrogen-bond donors (Lipinski definition) is 1. The number of thiol groups is 1. The number of halogens is 5. The highest BCUT2D eigenvalue weighted by Gasteiger charge is 2.32. The van der Waals surface area contributed by atoms with Crippen LogP contribution in [0.1, 0.15) is 11.4 Å². The number of aromatic nitrogens is 1. The molecule has 0 unspecified atom stereocenters. The van der Waals surface area contributed by atoms with E-state index in [9.17, 15) is 30.4 Å². The van der Waals surface area contributed by atoms with Crippen molar-refractivity contribution >= 4 is 16.6 Å². The molecule has 0 saturated heterocycles. The number of pyridine rings is 1. The van der Waals surface area contributed by atoms with Crippen molar-refractivity contribution in [3.63, 3.8) is 0 Å². The number of aryl methyl sites for hydroxylation is 2. The van der Waals surface area contributed by atoms with Crippen LogP contribution in [0.4, 0.5) is 27.6 Å². The van der Waals surface area contributed by atoms with E-state index in [0.29, 0.717) is 23.0 Å². The highest BCUT2D eigenvalue weighted by Crippen LogP contribution is 2.38.